The highest BCUT2D eigenvalue weighted by Crippen LogP contribution is 2.19. The number of amides is 1. The molecule has 1 aliphatic heterocycles. The number of aromatic nitrogens is 1. The summed E-state index contributed by atoms with van der Waals surface area (Å²) in [6, 6.07) is 13.4. The fourth-order valence-electron chi connectivity index (χ4n) is 3.38. The quantitative estimate of drug-likeness (QED) is 0.895. The van der Waals surface area contributed by atoms with Gasteiger partial charge in [-0.25, -0.2) is 0 Å². The largest absolute Gasteiger partial charge is 0.375 e. The SMILES string of the molecule is C[C@H]1OCCN(Cc2cccn2Cc2ccccc2C#N)[C@@H]1C(N)=O. The Bertz CT molecular complexity index is 793. The third-order valence-corrected chi connectivity index (χ3v) is 4.66. The zero-order chi connectivity index (χ0) is 17.8. The van der Waals surface area contributed by atoms with Gasteiger partial charge >= 0.3 is 0 Å². The van der Waals surface area contributed by atoms with Crippen molar-refractivity contribution in [2.75, 3.05) is 13.2 Å². The normalized spacial score (nSPS) is 21.0. The summed E-state index contributed by atoms with van der Waals surface area (Å²) in [7, 11) is 0. The lowest BCUT2D eigenvalue weighted by atomic mass is 10.1. The molecule has 2 heterocycles. The highest BCUT2D eigenvalue weighted by Gasteiger charge is 2.34. The van der Waals surface area contributed by atoms with Crippen LogP contribution in [0.4, 0.5) is 0 Å². The third-order valence-electron chi connectivity index (χ3n) is 4.66. The molecular formula is C19H22N4O2. The summed E-state index contributed by atoms with van der Waals surface area (Å²) in [6.45, 7) is 4.36. The molecule has 1 amide bonds. The molecule has 6 heteroatoms. The fourth-order valence-corrected chi connectivity index (χ4v) is 3.38. The van der Waals surface area contributed by atoms with Crippen molar-refractivity contribution in [2.45, 2.75) is 32.2 Å². The van der Waals surface area contributed by atoms with Crippen LogP contribution in [0, 0.1) is 11.3 Å². The summed E-state index contributed by atoms with van der Waals surface area (Å²) in [5.41, 5.74) is 8.30. The first-order chi connectivity index (χ1) is 12.1. The number of benzene rings is 1. The van der Waals surface area contributed by atoms with E-state index in [9.17, 15) is 10.1 Å². The number of primary amides is 1. The van der Waals surface area contributed by atoms with E-state index in [1.807, 2.05) is 49.5 Å². The van der Waals surface area contributed by atoms with Crippen molar-refractivity contribution in [3.05, 3.63) is 59.4 Å². The van der Waals surface area contributed by atoms with Crippen molar-refractivity contribution in [1.82, 2.24) is 9.47 Å². The molecule has 2 N–H and O–H groups in total. The zero-order valence-electron chi connectivity index (χ0n) is 14.3. The number of nitriles is 1. The van der Waals surface area contributed by atoms with Crippen LogP contribution < -0.4 is 5.73 Å². The summed E-state index contributed by atoms with van der Waals surface area (Å²) in [5, 5.41) is 9.27. The number of nitrogens with two attached hydrogens (primary N) is 1. The molecule has 0 aliphatic carbocycles. The van der Waals surface area contributed by atoms with Crippen molar-refractivity contribution >= 4 is 5.91 Å². The van der Waals surface area contributed by atoms with E-state index in [0.717, 1.165) is 11.3 Å². The molecule has 2 atom stereocenters. The maximum Gasteiger partial charge on any atom is 0.237 e. The first-order valence-corrected chi connectivity index (χ1v) is 8.37. The number of rotatable bonds is 5. The van der Waals surface area contributed by atoms with Crippen LogP contribution in [0.1, 0.15) is 23.7 Å². The summed E-state index contributed by atoms with van der Waals surface area (Å²) < 4.78 is 7.68. The van der Waals surface area contributed by atoms with Crippen molar-refractivity contribution in [2.24, 2.45) is 5.73 Å². The van der Waals surface area contributed by atoms with Gasteiger partial charge in [0.25, 0.3) is 0 Å². The van der Waals surface area contributed by atoms with E-state index in [0.29, 0.717) is 31.8 Å². The zero-order valence-corrected chi connectivity index (χ0v) is 14.3. The number of hydrogen-bond acceptors (Lipinski definition) is 4. The molecule has 1 fully saturated rings. The van der Waals surface area contributed by atoms with Crippen LogP contribution >= 0.6 is 0 Å². The maximum atomic E-state index is 11.8. The van der Waals surface area contributed by atoms with Crippen molar-refractivity contribution in [3.8, 4) is 6.07 Å². The molecule has 1 aromatic carbocycles. The second-order valence-corrected chi connectivity index (χ2v) is 6.29. The molecule has 0 radical (unpaired) electrons. The Hall–Kier alpha value is -2.62. The Kier molecular flexibility index (Phi) is 5.17. The van der Waals surface area contributed by atoms with Crippen LogP contribution in [0.15, 0.2) is 42.6 Å². The van der Waals surface area contributed by atoms with Crippen LogP contribution in [0.2, 0.25) is 0 Å². The molecule has 130 valence electrons. The average Bonchev–Trinajstić information content (AvgIpc) is 3.02. The lowest BCUT2D eigenvalue weighted by molar-refractivity contribution is -0.136. The predicted molar refractivity (Wildman–Crippen MR) is 93.5 cm³/mol. The van der Waals surface area contributed by atoms with Crippen LogP contribution in [-0.4, -0.2) is 40.7 Å². The van der Waals surface area contributed by atoms with E-state index in [1.165, 1.54) is 0 Å². The Labute approximate surface area is 147 Å². The predicted octanol–water partition coefficient (Wildman–Crippen LogP) is 1.48. The summed E-state index contributed by atoms with van der Waals surface area (Å²) in [6.07, 6.45) is 1.78. The number of carbonyl (C=O) groups excluding carboxylic acids is 1. The van der Waals surface area contributed by atoms with Gasteiger partial charge < -0.3 is 15.0 Å². The second kappa shape index (κ2) is 7.51. The van der Waals surface area contributed by atoms with Crippen LogP contribution in [-0.2, 0) is 22.6 Å². The van der Waals surface area contributed by atoms with Gasteiger partial charge in [-0.3, -0.25) is 9.69 Å². The Balaban J connectivity index is 1.80. The highest BCUT2D eigenvalue weighted by atomic mass is 16.5. The average molecular weight is 338 g/mol. The van der Waals surface area contributed by atoms with Gasteiger partial charge in [-0.1, -0.05) is 18.2 Å². The van der Waals surface area contributed by atoms with Crippen LogP contribution in [0.25, 0.3) is 0 Å². The minimum Gasteiger partial charge on any atom is -0.375 e. The Morgan fingerprint density at radius 3 is 2.88 bits per heavy atom. The Morgan fingerprint density at radius 1 is 1.32 bits per heavy atom. The minimum atomic E-state index is -0.427. The summed E-state index contributed by atoms with van der Waals surface area (Å²) in [5.74, 6) is -0.361. The van der Waals surface area contributed by atoms with Gasteiger partial charge in [-0.2, -0.15) is 5.26 Å². The third kappa shape index (κ3) is 3.73. The van der Waals surface area contributed by atoms with Gasteiger partial charge in [0.15, 0.2) is 0 Å². The van der Waals surface area contributed by atoms with Gasteiger partial charge in [0, 0.05) is 31.5 Å². The first-order valence-electron chi connectivity index (χ1n) is 8.37. The molecule has 0 saturated carbocycles. The first kappa shape index (κ1) is 17.2. The fraction of sp³-hybridized carbons (Fsp3) is 0.368. The van der Waals surface area contributed by atoms with Gasteiger partial charge in [-0.15, -0.1) is 0 Å². The molecule has 6 nitrogen and oxygen atoms in total. The molecule has 3 rings (SSSR count). The molecular weight excluding hydrogens is 316 g/mol. The monoisotopic (exact) mass is 338 g/mol. The molecule has 0 unspecified atom stereocenters. The smallest absolute Gasteiger partial charge is 0.237 e. The van der Waals surface area contributed by atoms with E-state index >= 15 is 0 Å². The van der Waals surface area contributed by atoms with Crippen molar-refractivity contribution < 1.29 is 9.53 Å². The van der Waals surface area contributed by atoms with Gasteiger partial charge in [0.2, 0.25) is 5.91 Å². The second-order valence-electron chi connectivity index (χ2n) is 6.29. The summed E-state index contributed by atoms with van der Waals surface area (Å²) >= 11 is 0. The summed E-state index contributed by atoms with van der Waals surface area (Å²) in [4.78, 5) is 13.9. The topological polar surface area (TPSA) is 84.3 Å². The number of ether oxygens (including phenoxy) is 1. The number of hydrogen-bond donors (Lipinski definition) is 1. The molecule has 1 aliphatic rings. The van der Waals surface area contributed by atoms with Gasteiger partial charge in [-0.05, 0) is 30.7 Å². The maximum absolute atomic E-state index is 11.8. The molecule has 0 spiro atoms. The van der Waals surface area contributed by atoms with Gasteiger partial charge in [0.05, 0.1) is 24.3 Å². The number of morpholine rings is 1. The van der Waals surface area contributed by atoms with Crippen LogP contribution in [0.5, 0.6) is 0 Å². The van der Waals surface area contributed by atoms with E-state index in [4.69, 9.17) is 10.5 Å². The molecule has 2 aromatic rings. The van der Waals surface area contributed by atoms with Crippen molar-refractivity contribution in [1.29, 1.82) is 5.26 Å². The minimum absolute atomic E-state index is 0.214. The van der Waals surface area contributed by atoms with Crippen LogP contribution in [0.3, 0.4) is 0 Å². The number of nitrogens with zero attached hydrogens (tertiary/aromatic N) is 3. The lowest BCUT2D eigenvalue weighted by Crippen LogP contribution is -2.56. The van der Waals surface area contributed by atoms with E-state index in [-0.39, 0.29) is 12.0 Å². The highest BCUT2D eigenvalue weighted by molar-refractivity contribution is 5.80. The molecule has 1 saturated heterocycles. The molecule has 1 aromatic heterocycles. The molecule has 0 bridgehead atoms. The Morgan fingerprint density at radius 2 is 2.12 bits per heavy atom. The lowest BCUT2D eigenvalue weighted by Gasteiger charge is -2.38. The standard InChI is InChI=1S/C19H22N4O2/c1-14-18(19(21)24)23(9-10-25-14)13-17-7-4-8-22(17)12-16-6-3-2-5-15(16)11-20/h2-8,14,18H,9-10,12-13H2,1H3,(H2,21,24)/t14-,18+/m1/s1. The number of carbonyl (C=O) groups is 1. The van der Waals surface area contributed by atoms with Gasteiger partial charge in [0.1, 0.15) is 6.04 Å². The van der Waals surface area contributed by atoms with E-state index in [2.05, 4.69) is 15.5 Å². The van der Waals surface area contributed by atoms with Crippen molar-refractivity contribution in [3.63, 3.8) is 0 Å². The van der Waals surface area contributed by atoms with E-state index < -0.39 is 6.04 Å². The van der Waals surface area contributed by atoms with E-state index in [1.54, 1.807) is 0 Å². The molecule has 25 heavy (non-hydrogen) atoms.